The molecule has 0 aliphatic carbocycles. The Morgan fingerprint density at radius 2 is 2.16 bits per heavy atom. The molecule has 2 nitrogen and oxygen atoms in total. The fourth-order valence-electron chi connectivity index (χ4n) is 3.00. The van der Waals surface area contributed by atoms with Gasteiger partial charge in [0.15, 0.2) is 0 Å². The van der Waals surface area contributed by atoms with Gasteiger partial charge < -0.3 is 10.6 Å². The van der Waals surface area contributed by atoms with Crippen molar-refractivity contribution < 1.29 is 0 Å². The van der Waals surface area contributed by atoms with Gasteiger partial charge in [-0.3, -0.25) is 0 Å². The zero-order valence-electron chi connectivity index (χ0n) is 12.7. The Hall–Kier alpha value is -1.02. The standard InChI is InChI=1S/C17H28N2/c1-4-16(18)12-15-8-9-17(11-13(15)2)19-10-6-5-7-14(19)3/h8-9,11,14,16H,4-7,10,12,18H2,1-3H3. The Balaban J connectivity index is 2.13. The lowest BCUT2D eigenvalue weighted by Gasteiger charge is -2.35. The number of piperidine rings is 1. The molecule has 0 saturated carbocycles. The zero-order chi connectivity index (χ0) is 13.8. The molecule has 0 amide bonds. The van der Waals surface area contributed by atoms with E-state index in [1.807, 2.05) is 0 Å². The van der Waals surface area contributed by atoms with E-state index in [1.54, 1.807) is 0 Å². The zero-order valence-corrected chi connectivity index (χ0v) is 12.7. The second-order valence-electron chi connectivity index (χ2n) is 6.02. The highest BCUT2D eigenvalue weighted by Crippen LogP contribution is 2.26. The van der Waals surface area contributed by atoms with E-state index >= 15 is 0 Å². The summed E-state index contributed by atoms with van der Waals surface area (Å²) in [5, 5.41) is 0. The smallest absolute Gasteiger partial charge is 0.0371 e. The molecule has 19 heavy (non-hydrogen) atoms. The van der Waals surface area contributed by atoms with Crippen LogP contribution in [0.4, 0.5) is 5.69 Å². The van der Waals surface area contributed by atoms with Crippen molar-refractivity contribution in [1.29, 1.82) is 0 Å². The number of anilines is 1. The SMILES string of the molecule is CCC(N)Cc1ccc(N2CCCCC2C)cc1C. The van der Waals surface area contributed by atoms with Crippen LogP contribution in [0.5, 0.6) is 0 Å². The van der Waals surface area contributed by atoms with Crippen LogP contribution in [0, 0.1) is 6.92 Å². The lowest BCUT2D eigenvalue weighted by atomic mass is 9.97. The minimum Gasteiger partial charge on any atom is -0.369 e. The summed E-state index contributed by atoms with van der Waals surface area (Å²) in [5.74, 6) is 0. The lowest BCUT2D eigenvalue weighted by molar-refractivity contribution is 0.485. The molecule has 0 spiro atoms. The first-order valence-electron chi connectivity index (χ1n) is 7.73. The van der Waals surface area contributed by atoms with Gasteiger partial charge in [0.2, 0.25) is 0 Å². The summed E-state index contributed by atoms with van der Waals surface area (Å²) in [7, 11) is 0. The van der Waals surface area contributed by atoms with Gasteiger partial charge in [-0.2, -0.15) is 0 Å². The summed E-state index contributed by atoms with van der Waals surface area (Å²) < 4.78 is 0. The van der Waals surface area contributed by atoms with E-state index in [-0.39, 0.29) is 0 Å². The second kappa shape index (κ2) is 6.42. The van der Waals surface area contributed by atoms with Gasteiger partial charge in [-0.1, -0.05) is 13.0 Å². The van der Waals surface area contributed by atoms with Crippen LogP contribution in [-0.4, -0.2) is 18.6 Å². The number of aryl methyl sites for hydroxylation is 1. The monoisotopic (exact) mass is 260 g/mol. The molecule has 2 heteroatoms. The second-order valence-corrected chi connectivity index (χ2v) is 6.02. The third kappa shape index (κ3) is 3.50. The highest BCUT2D eigenvalue weighted by atomic mass is 15.2. The number of rotatable bonds is 4. The van der Waals surface area contributed by atoms with Crippen LogP contribution in [-0.2, 0) is 6.42 Å². The maximum absolute atomic E-state index is 6.07. The van der Waals surface area contributed by atoms with Gasteiger partial charge in [0.1, 0.15) is 0 Å². The van der Waals surface area contributed by atoms with Gasteiger partial charge in [-0.05, 0) is 69.2 Å². The van der Waals surface area contributed by atoms with Crippen molar-refractivity contribution in [2.75, 3.05) is 11.4 Å². The van der Waals surface area contributed by atoms with E-state index < -0.39 is 0 Å². The average Bonchev–Trinajstić information content (AvgIpc) is 2.41. The predicted octanol–water partition coefficient (Wildman–Crippen LogP) is 3.65. The Labute approximate surface area is 118 Å². The lowest BCUT2D eigenvalue weighted by Crippen LogP contribution is -2.37. The molecule has 106 valence electrons. The van der Waals surface area contributed by atoms with Gasteiger partial charge in [-0.25, -0.2) is 0 Å². The van der Waals surface area contributed by atoms with E-state index in [4.69, 9.17) is 5.73 Å². The molecule has 1 fully saturated rings. The molecule has 2 atom stereocenters. The topological polar surface area (TPSA) is 29.3 Å². The van der Waals surface area contributed by atoms with Crippen molar-refractivity contribution >= 4 is 5.69 Å². The van der Waals surface area contributed by atoms with Crippen LogP contribution in [0.15, 0.2) is 18.2 Å². The first-order chi connectivity index (χ1) is 9.11. The van der Waals surface area contributed by atoms with Gasteiger partial charge in [0.25, 0.3) is 0 Å². The summed E-state index contributed by atoms with van der Waals surface area (Å²) in [6, 6.07) is 7.88. The molecule has 2 unspecified atom stereocenters. The molecule has 2 N–H and O–H groups in total. The fourth-order valence-corrected chi connectivity index (χ4v) is 3.00. The number of hydrogen-bond donors (Lipinski definition) is 1. The minimum atomic E-state index is 0.290. The summed E-state index contributed by atoms with van der Waals surface area (Å²) in [5.41, 5.74) is 10.2. The van der Waals surface area contributed by atoms with Crippen LogP contribution < -0.4 is 10.6 Å². The van der Waals surface area contributed by atoms with Gasteiger partial charge in [0, 0.05) is 24.3 Å². The Morgan fingerprint density at radius 3 is 2.79 bits per heavy atom. The van der Waals surface area contributed by atoms with E-state index in [1.165, 1.54) is 42.6 Å². The van der Waals surface area contributed by atoms with Crippen molar-refractivity contribution in [1.82, 2.24) is 0 Å². The number of hydrogen-bond acceptors (Lipinski definition) is 2. The largest absolute Gasteiger partial charge is 0.369 e. The van der Waals surface area contributed by atoms with Crippen molar-refractivity contribution in [3.8, 4) is 0 Å². The van der Waals surface area contributed by atoms with E-state index in [0.29, 0.717) is 12.1 Å². The summed E-state index contributed by atoms with van der Waals surface area (Å²) >= 11 is 0. The number of nitrogens with two attached hydrogens (primary N) is 1. The molecule has 1 aromatic rings. The highest BCUT2D eigenvalue weighted by molar-refractivity contribution is 5.52. The third-order valence-corrected chi connectivity index (χ3v) is 4.47. The average molecular weight is 260 g/mol. The van der Waals surface area contributed by atoms with Crippen LogP contribution >= 0.6 is 0 Å². The maximum Gasteiger partial charge on any atom is 0.0371 e. The Morgan fingerprint density at radius 1 is 1.37 bits per heavy atom. The van der Waals surface area contributed by atoms with Crippen molar-refractivity contribution in [3.05, 3.63) is 29.3 Å². The van der Waals surface area contributed by atoms with Crippen LogP contribution in [0.2, 0.25) is 0 Å². The molecule has 0 aromatic heterocycles. The maximum atomic E-state index is 6.07. The highest BCUT2D eigenvalue weighted by Gasteiger charge is 2.19. The van der Waals surface area contributed by atoms with E-state index in [9.17, 15) is 0 Å². The molecule has 2 rings (SSSR count). The molecular formula is C17H28N2. The molecule has 1 aliphatic rings. The van der Waals surface area contributed by atoms with E-state index in [2.05, 4.69) is 43.9 Å². The van der Waals surface area contributed by atoms with Gasteiger partial charge in [0.05, 0.1) is 0 Å². The quantitative estimate of drug-likeness (QED) is 0.895. The van der Waals surface area contributed by atoms with Crippen LogP contribution in [0.3, 0.4) is 0 Å². The first kappa shape index (κ1) is 14.4. The van der Waals surface area contributed by atoms with Gasteiger partial charge >= 0.3 is 0 Å². The normalized spacial score (nSPS) is 21.5. The third-order valence-electron chi connectivity index (χ3n) is 4.47. The molecule has 0 bridgehead atoms. The first-order valence-corrected chi connectivity index (χ1v) is 7.73. The molecule has 1 heterocycles. The number of nitrogens with zero attached hydrogens (tertiary/aromatic N) is 1. The minimum absolute atomic E-state index is 0.290. The van der Waals surface area contributed by atoms with Gasteiger partial charge in [-0.15, -0.1) is 0 Å². The Kier molecular flexibility index (Phi) is 4.87. The molecule has 0 radical (unpaired) electrons. The van der Waals surface area contributed by atoms with Crippen LogP contribution in [0.25, 0.3) is 0 Å². The van der Waals surface area contributed by atoms with Crippen LogP contribution in [0.1, 0.15) is 50.7 Å². The van der Waals surface area contributed by atoms with Crippen molar-refractivity contribution in [3.63, 3.8) is 0 Å². The summed E-state index contributed by atoms with van der Waals surface area (Å²) in [6.45, 7) is 7.92. The van der Waals surface area contributed by atoms with E-state index in [0.717, 1.165) is 12.8 Å². The molecular weight excluding hydrogens is 232 g/mol. The molecule has 1 aliphatic heterocycles. The van der Waals surface area contributed by atoms with Crippen molar-refractivity contribution in [2.24, 2.45) is 5.73 Å². The molecule has 1 aromatic carbocycles. The summed E-state index contributed by atoms with van der Waals surface area (Å²) in [6.07, 6.45) is 6.07. The fraction of sp³-hybridized carbons (Fsp3) is 0.647. The predicted molar refractivity (Wildman–Crippen MR) is 83.8 cm³/mol. The number of benzene rings is 1. The molecule has 1 saturated heterocycles. The Bertz CT molecular complexity index is 414. The van der Waals surface area contributed by atoms with Crippen molar-refractivity contribution in [2.45, 2.75) is 65.0 Å². The summed E-state index contributed by atoms with van der Waals surface area (Å²) in [4.78, 5) is 2.56.